The molecule has 0 aliphatic heterocycles. The van der Waals surface area contributed by atoms with Gasteiger partial charge in [-0.3, -0.25) is 9.59 Å². The monoisotopic (exact) mass is 382 g/mol. The molecule has 2 heterocycles. The van der Waals surface area contributed by atoms with Gasteiger partial charge < -0.3 is 15.1 Å². The van der Waals surface area contributed by atoms with Crippen molar-refractivity contribution in [3.05, 3.63) is 65.6 Å². The van der Waals surface area contributed by atoms with Crippen LogP contribution in [-0.4, -0.2) is 27.8 Å². The molecular formula is C19H18N4O3S. The van der Waals surface area contributed by atoms with Crippen molar-refractivity contribution in [1.82, 2.24) is 10.2 Å². The highest BCUT2D eigenvalue weighted by Crippen LogP contribution is 2.18. The molecule has 3 rings (SSSR count). The zero-order valence-corrected chi connectivity index (χ0v) is 15.7. The van der Waals surface area contributed by atoms with Crippen LogP contribution in [0.2, 0.25) is 0 Å². The third-order valence-electron chi connectivity index (χ3n) is 3.48. The van der Waals surface area contributed by atoms with E-state index in [1.807, 2.05) is 32.0 Å². The summed E-state index contributed by atoms with van der Waals surface area (Å²) >= 11 is 1.26. The van der Waals surface area contributed by atoms with Crippen LogP contribution in [0.5, 0.6) is 0 Å². The fourth-order valence-corrected chi connectivity index (χ4v) is 3.05. The molecule has 8 heteroatoms. The van der Waals surface area contributed by atoms with E-state index >= 15 is 0 Å². The quantitative estimate of drug-likeness (QED) is 0.632. The Labute approximate surface area is 160 Å². The number of anilines is 2. The number of benzene rings is 1. The second-order valence-corrected chi connectivity index (χ2v) is 6.90. The maximum absolute atomic E-state index is 12.1. The highest BCUT2D eigenvalue weighted by atomic mass is 32.2. The number of carbonyl (C=O) groups is 2. The molecule has 7 nitrogen and oxygen atoms in total. The highest BCUT2D eigenvalue weighted by Gasteiger charge is 2.10. The molecule has 0 bridgehead atoms. The molecule has 0 unspecified atom stereocenters. The second kappa shape index (κ2) is 8.50. The van der Waals surface area contributed by atoms with Crippen molar-refractivity contribution in [3.63, 3.8) is 0 Å². The molecule has 1 aromatic carbocycles. The van der Waals surface area contributed by atoms with E-state index in [4.69, 9.17) is 4.42 Å². The van der Waals surface area contributed by atoms with Gasteiger partial charge in [0, 0.05) is 5.69 Å². The molecule has 0 atom stereocenters. The lowest BCUT2D eigenvalue weighted by Gasteiger charge is -2.07. The van der Waals surface area contributed by atoms with Crippen LogP contribution in [-0.2, 0) is 4.79 Å². The lowest BCUT2D eigenvalue weighted by atomic mass is 10.1. The van der Waals surface area contributed by atoms with Gasteiger partial charge in [-0.25, -0.2) is 0 Å². The molecular weight excluding hydrogens is 364 g/mol. The summed E-state index contributed by atoms with van der Waals surface area (Å²) in [5.74, 6) is 0.183. The molecule has 0 aliphatic rings. The second-order valence-electron chi connectivity index (χ2n) is 5.90. The van der Waals surface area contributed by atoms with Crippen LogP contribution in [0, 0.1) is 13.8 Å². The third kappa shape index (κ3) is 5.42. The first-order chi connectivity index (χ1) is 13.0. The van der Waals surface area contributed by atoms with Gasteiger partial charge in [0.25, 0.3) is 5.91 Å². The molecule has 0 radical (unpaired) electrons. The summed E-state index contributed by atoms with van der Waals surface area (Å²) in [5.41, 5.74) is 2.96. The van der Waals surface area contributed by atoms with Gasteiger partial charge in [0.05, 0.1) is 12.0 Å². The van der Waals surface area contributed by atoms with Crippen molar-refractivity contribution in [1.29, 1.82) is 0 Å². The Kier molecular flexibility index (Phi) is 5.87. The molecule has 0 spiro atoms. The van der Waals surface area contributed by atoms with Crippen molar-refractivity contribution < 1.29 is 14.0 Å². The molecule has 3 aromatic rings. The number of aromatic nitrogens is 2. The molecule has 2 N–H and O–H groups in total. The van der Waals surface area contributed by atoms with Gasteiger partial charge in [-0.15, -0.1) is 10.2 Å². The minimum absolute atomic E-state index is 0.123. The Morgan fingerprint density at radius 3 is 2.44 bits per heavy atom. The van der Waals surface area contributed by atoms with Crippen LogP contribution < -0.4 is 10.6 Å². The summed E-state index contributed by atoms with van der Waals surface area (Å²) in [4.78, 5) is 24.0. The Bertz CT molecular complexity index is 920. The summed E-state index contributed by atoms with van der Waals surface area (Å²) in [6, 6.07) is 12.4. The molecule has 2 amide bonds. The Balaban J connectivity index is 1.51. The van der Waals surface area contributed by atoms with Crippen LogP contribution in [0.3, 0.4) is 0 Å². The number of aryl methyl sites for hydroxylation is 2. The average molecular weight is 382 g/mol. The van der Waals surface area contributed by atoms with Gasteiger partial charge in [-0.05, 0) is 61.4 Å². The van der Waals surface area contributed by atoms with E-state index in [1.165, 1.54) is 18.0 Å². The summed E-state index contributed by atoms with van der Waals surface area (Å²) in [6.07, 6.45) is 1.42. The van der Waals surface area contributed by atoms with Crippen LogP contribution in [0.4, 0.5) is 11.5 Å². The van der Waals surface area contributed by atoms with Gasteiger partial charge in [0.1, 0.15) is 5.03 Å². The number of hydrogen-bond donors (Lipinski definition) is 2. The molecule has 0 saturated heterocycles. The van der Waals surface area contributed by atoms with E-state index in [2.05, 4.69) is 20.8 Å². The Morgan fingerprint density at radius 1 is 1.04 bits per heavy atom. The predicted molar refractivity (Wildman–Crippen MR) is 104 cm³/mol. The zero-order chi connectivity index (χ0) is 19.2. The Morgan fingerprint density at radius 2 is 1.81 bits per heavy atom. The molecule has 0 aliphatic carbocycles. The SMILES string of the molecule is Cc1cc(C)cc(NC(=O)CSc2ccc(NC(=O)c3ccco3)nn2)c1. The summed E-state index contributed by atoms with van der Waals surface area (Å²) < 4.78 is 5.01. The normalized spacial score (nSPS) is 10.4. The number of thioether (sulfide) groups is 1. The number of nitrogens with zero attached hydrogens (tertiary/aromatic N) is 2. The smallest absolute Gasteiger partial charge is 0.292 e. The van der Waals surface area contributed by atoms with Gasteiger partial charge >= 0.3 is 0 Å². The number of furan rings is 1. The minimum atomic E-state index is -0.400. The van der Waals surface area contributed by atoms with Crippen LogP contribution >= 0.6 is 11.8 Å². The summed E-state index contributed by atoms with van der Waals surface area (Å²) in [6.45, 7) is 3.97. The van der Waals surface area contributed by atoms with E-state index in [9.17, 15) is 9.59 Å². The minimum Gasteiger partial charge on any atom is -0.459 e. The first-order valence-electron chi connectivity index (χ1n) is 8.19. The zero-order valence-electron chi connectivity index (χ0n) is 14.9. The molecule has 27 heavy (non-hydrogen) atoms. The van der Waals surface area contributed by atoms with E-state index < -0.39 is 5.91 Å². The summed E-state index contributed by atoms with van der Waals surface area (Å²) in [7, 11) is 0. The molecule has 0 saturated carbocycles. The number of nitrogens with one attached hydrogen (secondary N) is 2. The van der Waals surface area contributed by atoms with Gasteiger partial charge in [0.15, 0.2) is 11.6 Å². The van der Waals surface area contributed by atoms with Gasteiger partial charge in [0.2, 0.25) is 5.91 Å². The van der Waals surface area contributed by atoms with E-state index in [0.29, 0.717) is 10.8 Å². The van der Waals surface area contributed by atoms with Crippen molar-refractivity contribution in [3.8, 4) is 0 Å². The maximum Gasteiger partial charge on any atom is 0.292 e. The Hall–Kier alpha value is -3.13. The van der Waals surface area contributed by atoms with Crippen molar-refractivity contribution in [2.75, 3.05) is 16.4 Å². The first kappa shape index (κ1) is 18.7. The summed E-state index contributed by atoms with van der Waals surface area (Å²) in [5, 5.41) is 14.0. The number of hydrogen-bond acceptors (Lipinski definition) is 6. The van der Waals surface area contributed by atoms with Crippen molar-refractivity contribution in [2.45, 2.75) is 18.9 Å². The number of rotatable bonds is 6. The van der Waals surface area contributed by atoms with Crippen molar-refractivity contribution in [2.24, 2.45) is 0 Å². The van der Waals surface area contributed by atoms with Crippen LogP contribution in [0.15, 0.2) is 58.2 Å². The first-order valence-corrected chi connectivity index (χ1v) is 9.18. The predicted octanol–water partition coefficient (Wildman–Crippen LogP) is 3.67. The molecule has 0 fully saturated rings. The standard InChI is InChI=1S/C19H18N4O3S/c1-12-8-13(2)10-14(9-12)20-17(24)11-27-18-6-5-16(22-23-18)21-19(25)15-4-3-7-26-15/h3-10H,11H2,1-2H3,(H,20,24)(H,21,22,25). The van der Waals surface area contributed by atoms with Gasteiger partial charge in [-0.2, -0.15) is 0 Å². The number of amides is 2. The average Bonchev–Trinajstić information content (AvgIpc) is 3.15. The highest BCUT2D eigenvalue weighted by molar-refractivity contribution is 7.99. The van der Waals surface area contributed by atoms with E-state index in [-0.39, 0.29) is 17.4 Å². The van der Waals surface area contributed by atoms with Crippen LogP contribution in [0.25, 0.3) is 0 Å². The van der Waals surface area contributed by atoms with Gasteiger partial charge in [-0.1, -0.05) is 17.8 Å². The third-order valence-corrected chi connectivity index (χ3v) is 4.40. The molecule has 2 aromatic heterocycles. The fourth-order valence-electron chi connectivity index (χ4n) is 2.43. The lowest BCUT2D eigenvalue weighted by Crippen LogP contribution is -2.14. The maximum atomic E-state index is 12.1. The fraction of sp³-hybridized carbons (Fsp3) is 0.158. The van der Waals surface area contributed by atoms with Crippen LogP contribution in [0.1, 0.15) is 21.7 Å². The largest absolute Gasteiger partial charge is 0.459 e. The van der Waals surface area contributed by atoms with Crippen molar-refractivity contribution >= 4 is 35.1 Å². The number of carbonyl (C=O) groups excluding carboxylic acids is 2. The topological polar surface area (TPSA) is 97.1 Å². The lowest BCUT2D eigenvalue weighted by molar-refractivity contribution is -0.113. The van der Waals surface area contributed by atoms with E-state index in [0.717, 1.165) is 16.8 Å². The van der Waals surface area contributed by atoms with E-state index in [1.54, 1.807) is 24.3 Å². The molecule has 138 valence electrons.